The summed E-state index contributed by atoms with van der Waals surface area (Å²) in [5.41, 5.74) is 3.27. The average molecular weight is 307 g/mol. The van der Waals surface area contributed by atoms with Crippen molar-refractivity contribution in [2.75, 3.05) is 7.11 Å². The Bertz CT molecular complexity index is 830. The lowest BCUT2D eigenvalue weighted by atomic mass is 10.0. The number of methoxy groups -OCH3 is 1. The molecule has 1 heterocycles. The Labute approximate surface area is 133 Å². The van der Waals surface area contributed by atoms with Gasteiger partial charge in [0.25, 0.3) is 0 Å². The Morgan fingerprint density at radius 3 is 2.04 bits per heavy atom. The maximum absolute atomic E-state index is 13.1. The third kappa shape index (κ3) is 3.26. The van der Waals surface area contributed by atoms with Gasteiger partial charge < -0.3 is 4.74 Å². The predicted molar refractivity (Wildman–Crippen MR) is 86.4 cm³/mol. The molecular formula is C19H14FNO2. The van der Waals surface area contributed by atoms with Crippen LogP contribution in [0.1, 0.15) is 10.4 Å². The van der Waals surface area contributed by atoms with Crippen LogP contribution in [0.4, 0.5) is 4.39 Å². The largest absolute Gasteiger partial charge is 0.465 e. The molecule has 0 unspecified atom stereocenters. The van der Waals surface area contributed by atoms with Crippen molar-refractivity contribution in [3.05, 3.63) is 78.1 Å². The van der Waals surface area contributed by atoms with Gasteiger partial charge in [0.2, 0.25) is 0 Å². The Balaban J connectivity index is 2.15. The summed E-state index contributed by atoms with van der Waals surface area (Å²) in [7, 11) is 1.34. The molecule has 0 fully saturated rings. The van der Waals surface area contributed by atoms with Gasteiger partial charge in [0.05, 0.1) is 24.1 Å². The Hall–Kier alpha value is -3.01. The summed E-state index contributed by atoms with van der Waals surface area (Å²) in [5, 5.41) is 0. The van der Waals surface area contributed by atoms with Crippen molar-refractivity contribution in [3.8, 4) is 22.5 Å². The van der Waals surface area contributed by atoms with E-state index in [-0.39, 0.29) is 5.82 Å². The minimum Gasteiger partial charge on any atom is -0.465 e. The molecule has 3 aromatic rings. The second-order valence-electron chi connectivity index (χ2n) is 4.99. The summed E-state index contributed by atoms with van der Waals surface area (Å²) < 4.78 is 17.9. The fraction of sp³-hybridized carbons (Fsp3) is 0.0526. The standard InChI is InChI=1S/C19H14FNO2/c1-23-19(22)15-11-17(13-5-3-2-4-6-13)21-18(12-15)14-7-9-16(20)10-8-14/h2-12H,1H3. The van der Waals surface area contributed by atoms with Gasteiger partial charge in [-0.05, 0) is 36.4 Å². The number of halogens is 1. The number of ether oxygens (including phenoxy) is 1. The first-order valence-corrected chi connectivity index (χ1v) is 7.09. The van der Waals surface area contributed by atoms with E-state index in [4.69, 9.17) is 4.74 Å². The van der Waals surface area contributed by atoms with Crippen LogP contribution in [0.3, 0.4) is 0 Å². The van der Waals surface area contributed by atoms with Gasteiger partial charge >= 0.3 is 5.97 Å². The molecule has 0 aliphatic heterocycles. The third-order valence-corrected chi connectivity index (χ3v) is 3.46. The number of esters is 1. The average Bonchev–Trinajstić information content (AvgIpc) is 2.62. The first kappa shape index (κ1) is 14.9. The van der Waals surface area contributed by atoms with Gasteiger partial charge in [-0.2, -0.15) is 0 Å². The Morgan fingerprint density at radius 1 is 0.913 bits per heavy atom. The number of hydrogen-bond acceptors (Lipinski definition) is 3. The van der Waals surface area contributed by atoms with E-state index in [0.717, 1.165) is 11.1 Å². The lowest BCUT2D eigenvalue weighted by Gasteiger charge is -2.08. The molecule has 3 nitrogen and oxygen atoms in total. The maximum Gasteiger partial charge on any atom is 0.338 e. The summed E-state index contributed by atoms with van der Waals surface area (Å²) in [5.74, 6) is -0.755. The summed E-state index contributed by atoms with van der Waals surface area (Å²) in [6.07, 6.45) is 0. The Kier molecular flexibility index (Phi) is 4.15. The number of benzene rings is 2. The van der Waals surface area contributed by atoms with Gasteiger partial charge in [0, 0.05) is 11.1 Å². The molecule has 0 N–H and O–H groups in total. The van der Waals surface area contributed by atoms with Crippen molar-refractivity contribution in [1.82, 2.24) is 4.98 Å². The highest BCUT2D eigenvalue weighted by Gasteiger charge is 2.12. The van der Waals surface area contributed by atoms with Crippen LogP contribution in [0.5, 0.6) is 0 Å². The summed E-state index contributed by atoms with van der Waals surface area (Å²) in [6, 6.07) is 18.9. The molecule has 23 heavy (non-hydrogen) atoms. The second kappa shape index (κ2) is 6.40. The van der Waals surface area contributed by atoms with Crippen molar-refractivity contribution < 1.29 is 13.9 Å². The molecule has 4 heteroatoms. The first-order chi connectivity index (χ1) is 11.2. The molecule has 0 amide bonds. The molecule has 3 rings (SSSR count). The number of carbonyl (C=O) groups excluding carboxylic acids is 1. The number of aromatic nitrogens is 1. The van der Waals surface area contributed by atoms with Gasteiger partial charge in [-0.25, -0.2) is 14.2 Å². The Morgan fingerprint density at radius 2 is 1.48 bits per heavy atom. The number of nitrogens with zero attached hydrogens (tertiary/aromatic N) is 1. The summed E-state index contributed by atoms with van der Waals surface area (Å²) in [6.45, 7) is 0. The van der Waals surface area contributed by atoms with Crippen LogP contribution in [-0.4, -0.2) is 18.1 Å². The van der Waals surface area contributed by atoms with E-state index in [1.54, 1.807) is 24.3 Å². The van der Waals surface area contributed by atoms with Crippen LogP contribution < -0.4 is 0 Å². The van der Waals surface area contributed by atoms with Crippen LogP contribution in [0.15, 0.2) is 66.7 Å². The topological polar surface area (TPSA) is 39.2 Å². The van der Waals surface area contributed by atoms with Gasteiger partial charge in [0.1, 0.15) is 5.82 Å². The number of rotatable bonds is 3. The monoisotopic (exact) mass is 307 g/mol. The highest BCUT2D eigenvalue weighted by Crippen LogP contribution is 2.25. The van der Waals surface area contributed by atoms with E-state index in [1.807, 2.05) is 30.3 Å². The molecule has 0 atom stereocenters. The molecule has 114 valence electrons. The van der Waals surface area contributed by atoms with E-state index in [1.165, 1.54) is 19.2 Å². The zero-order valence-electron chi connectivity index (χ0n) is 12.5. The molecule has 0 aliphatic rings. The fourth-order valence-corrected chi connectivity index (χ4v) is 2.29. The van der Waals surface area contributed by atoms with Crippen molar-refractivity contribution in [2.24, 2.45) is 0 Å². The molecule has 1 aromatic heterocycles. The number of hydrogen-bond donors (Lipinski definition) is 0. The minimum absolute atomic E-state index is 0.318. The second-order valence-corrected chi connectivity index (χ2v) is 4.99. The number of carbonyl (C=O) groups is 1. The molecule has 0 aliphatic carbocycles. The highest BCUT2D eigenvalue weighted by atomic mass is 19.1. The van der Waals surface area contributed by atoms with Gasteiger partial charge in [0.15, 0.2) is 0 Å². The molecule has 0 bridgehead atoms. The van der Waals surface area contributed by atoms with Gasteiger partial charge in [-0.3, -0.25) is 0 Å². The molecule has 0 radical (unpaired) electrons. The fourth-order valence-electron chi connectivity index (χ4n) is 2.29. The van der Waals surface area contributed by atoms with Crippen LogP contribution in [0.25, 0.3) is 22.5 Å². The van der Waals surface area contributed by atoms with Crippen molar-refractivity contribution in [3.63, 3.8) is 0 Å². The highest BCUT2D eigenvalue weighted by molar-refractivity contribution is 5.92. The normalized spacial score (nSPS) is 10.3. The lowest BCUT2D eigenvalue weighted by molar-refractivity contribution is 0.0600. The molecule has 2 aromatic carbocycles. The predicted octanol–water partition coefficient (Wildman–Crippen LogP) is 4.34. The SMILES string of the molecule is COC(=O)c1cc(-c2ccccc2)nc(-c2ccc(F)cc2)c1. The molecule has 0 saturated heterocycles. The van der Waals surface area contributed by atoms with Crippen LogP contribution in [0.2, 0.25) is 0 Å². The smallest absolute Gasteiger partial charge is 0.338 e. The summed E-state index contributed by atoms with van der Waals surface area (Å²) >= 11 is 0. The quantitative estimate of drug-likeness (QED) is 0.676. The van der Waals surface area contributed by atoms with Crippen LogP contribution >= 0.6 is 0 Å². The third-order valence-electron chi connectivity index (χ3n) is 3.46. The van der Waals surface area contributed by atoms with E-state index in [9.17, 15) is 9.18 Å². The lowest BCUT2D eigenvalue weighted by Crippen LogP contribution is -2.03. The first-order valence-electron chi connectivity index (χ1n) is 7.09. The van der Waals surface area contributed by atoms with Crippen molar-refractivity contribution in [2.45, 2.75) is 0 Å². The van der Waals surface area contributed by atoms with E-state index < -0.39 is 5.97 Å². The van der Waals surface area contributed by atoms with Crippen LogP contribution in [-0.2, 0) is 4.74 Å². The molecule has 0 saturated carbocycles. The van der Waals surface area contributed by atoms with E-state index in [2.05, 4.69) is 4.98 Å². The molecular weight excluding hydrogens is 293 g/mol. The van der Waals surface area contributed by atoms with Gasteiger partial charge in [-0.1, -0.05) is 30.3 Å². The maximum atomic E-state index is 13.1. The van der Waals surface area contributed by atoms with Crippen molar-refractivity contribution in [1.29, 1.82) is 0 Å². The molecule has 0 spiro atoms. The zero-order chi connectivity index (χ0) is 16.2. The van der Waals surface area contributed by atoms with Crippen molar-refractivity contribution >= 4 is 5.97 Å². The minimum atomic E-state index is -0.437. The zero-order valence-corrected chi connectivity index (χ0v) is 12.5. The number of pyridine rings is 1. The van der Waals surface area contributed by atoms with E-state index >= 15 is 0 Å². The summed E-state index contributed by atoms with van der Waals surface area (Å²) in [4.78, 5) is 16.5. The van der Waals surface area contributed by atoms with Gasteiger partial charge in [-0.15, -0.1) is 0 Å². The van der Waals surface area contributed by atoms with E-state index in [0.29, 0.717) is 17.0 Å². The van der Waals surface area contributed by atoms with Crippen LogP contribution in [0, 0.1) is 5.82 Å².